The Hall–Kier alpha value is -1.75. The monoisotopic (exact) mass is 218 g/mol. The molecule has 16 heavy (non-hydrogen) atoms. The zero-order valence-corrected chi connectivity index (χ0v) is 9.34. The Morgan fingerprint density at radius 3 is 2.88 bits per heavy atom. The zero-order chi connectivity index (χ0) is 11.5. The van der Waals surface area contributed by atoms with E-state index in [0.717, 1.165) is 5.69 Å². The number of aromatic nitrogens is 3. The van der Waals surface area contributed by atoms with Crippen LogP contribution in [0.1, 0.15) is 24.4 Å². The molecule has 5 heteroatoms. The van der Waals surface area contributed by atoms with Gasteiger partial charge in [0.1, 0.15) is 5.69 Å². The van der Waals surface area contributed by atoms with Crippen molar-refractivity contribution in [2.75, 3.05) is 6.54 Å². The molecular weight excluding hydrogens is 204 g/mol. The molecule has 0 fully saturated rings. The summed E-state index contributed by atoms with van der Waals surface area (Å²) in [7, 11) is 0. The Balaban J connectivity index is 2.31. The number of hydrogen-bond donors (Lipinski definition) is 1. The molecule has 2 rings (SSSR count). The van der Waals surface area contributed by atoms with Crippen molar-refractivity contribution in [1.82, 2.24) is 15.1 Å². The SMILES string of the molecule is Cc1cccc(-c2nc(C(C)CN)no2)n1. The maximum Gasteiger partial charge on any atom is 0.276 e. The highest BCUT2D eigenvalue weighted by Gasteiger charge is 2.14. The van der Waals surface area contributed by atoms with Gasteiger partial charge < -0.3 is 10.3 Å². The van der Waals surface area contributed by atoms with E-state index in [2.05, 4.69) is 15.1 Å². The Bertz CT molecular complexity index is 480. The zero-order valence-electron chi connectivity index (χ0n) is 9.34. The number of pyridine rings is 1. The lowest BCUT2D eigenvalue weighted by atomic mass is 10.2. The van der Waals surface area contributed by atoms with Gasteiger partial charge in [0.25, 0.3) is 5.89 Å². The molecule has 0 saturated carbocycles. The number of nitrogens with zero attached hydrogens (tertiary/aromatic N) is 3. The Morgan fingerprint density at radius 1 is 1.38 bits per heavy atom. The fourth-order valence-electron chi connectivity index (χ4n) is 1.31. The molecule has 0 bridgehead atoms. The third-order valence-corrected chi connectivity index (χ3v) is 2.34. The van der Waals surface area contributed by atoms with Crippen molar-refractivity contribution in [2.45, 2.75) is 19.8 Å². The van der Waals surface area contributed by atoms with Crippen molar-refractivity contribution in [1.29, 1.82) is 0 Å². The van der Waals surface area contributed by atoms with Crippen LogP contribution in [0.25, 0.3) is 11.6 Å². The molecule has 1 atom stereocenters. The van der Waals surface area contributed by atoms with Gasteiger partial charge in [-0.15, -0.1) is 0 Å². The predicted octanol–water partition coefficient (Wildman–Crippen LogP) is 1.50. The minimum Gasteiger partial charge on any atom is -0.332 e. The van der Waals surface area contributed by atoms with Crippen LogP contribution in [0.4, 0.5) is 0 Å². The Morgan fingerprint density at radius 2 is 2.19 bits per heavy atom. The van der Waals surface area contributed by atoms with Crippen LogP contribution >= 0.6 is 0 Å². The van der Waals surface area contributed by atoms with Crippen molar-refractivity contribution in [3.63, 3.8) is 0 Å². The van der Waals surface area contributed by atoms with E-state index in [1.807, 2.05) is 32.0 Å². The van der Waals surface area contributed by atoms with Crippen molar-refractivity contribution in [3.8, 4) is 11.6 Å². The van der Waals surface area contributed by atoms with Gasteiger partial charge in [0.2, 0.25) is 0 Å². The van der Waals surface area contributed by atoms with Gasteiger partial charge in [-0.1, -0.05) is 18.1 Å². The van der Waals surface area contributed by atoms with Crippen LogP contribution in [-0.4, -0.2) is 21.7 Å². The average Bonchev–Trinajstić information content (AvgIpc) is 2.77. The maximum absolute atomic E-state index is 5.54. The van der Waals surface area contributed by atoms with E-state index in [0.29, 0.717) is 24.0 Å². The molecule has 0 aliphatic rings. The van der Waals surface area contributed by atoms with Crippen LogP contribution in [0.2, 0.25) is 0 Å². The molecule has 0 aliphatic carbocycles. The first-order chi connectivity index (χ1) is 7.70. The first-order valence-electron chi connectivity index (χ1n) is 5.18. The van der Waals surface area contributed by atoms with Crippen molar-refractivity contribution in [2.24, 2.45) is 5.73 Å². The van der Waals surface area contributed by atoms with Gasteiger partial charge in [0, 0.05) is 18.2 Å². The highest BCUT2D eigenvalue weighted by molar-refractivity contribution is 5.46. The summed E-state index contributed by atoms with van der Waals surface area (Å²) in [5, 5.41) is 3.89. The average molecular weight is 218 g/mol. The second-order valence-corrected chi connectivity index (χ2v) is 3.76. The van der Waals surface area contributed by atoms with Gasteiger partial charge in [0.15, 0.2) is 5.82 Å². The van der Waals surface area contributed by atoms with Crippen LogP contribution in [-0.2, 0) is 0 Å². The third-order valence-electron chi connectivity index (χ3n) is 2.34. The van der Waals surface area contributed by atoms with Crippen LogP contribution in [0.3, 0.4) is 0 Å². The molecule has 2 aromatic heterocycles. The molecule has 0 amide bonds. The largest absolute Gasteiger partial charge is 0.332 e. The molecule has 5 nitrogen and oxygen atoms in total. The summed E-state index contributed by atoms with van der Waals surface area (Å²) < 4.78 is 5.15. The second kappa shape index (κ2) is 4.40. The minimum atomic E-state index is 0.0994. The molecule has 2 N–H and O–H groups in total. The lowest BCUT2D eigenvalue weighted by Gasteiger charge is -1.99. The van der Waals surface area contributed by atoms with Crippen molar-refractivity contribution < 1.29 is 4.52 Å². The standard InChI is InChI=1S/C11H14N4O/c1-7(6-12)10-14-11(16-15-10)9-5-3-4-8(2)13-9/h3-5,7H,6,12H2,1-2H3. The minimum absolute atomic E-state index is 0.0994. The molecule has 0 aliphatic heterocycles. The lowest BCUT2D eigenvalue weighted by Crippen LogP contribution is -2.10. The molecule has 0 spiro atoms. The molecule has 0 radical (unpaired) electrons. The Kier molecular flexibility index (Phi) is 2.96. The summed E-state index contributed by atoms with van der Waals surface area (Å²) in [5.41, 5.74) is 7.16. The van der Waals surface area contributed by atoms with Crippen LogP contribution in [0.15, 0.2) is 22.7 Å². The van der Waals surface area contributed by atoms with Crippen molar-refractivity contribution in [3.05, 3.63) is 29.7 Å². The number of aryl methyl sites for hydroxylation is 1. The molecule has 2 heterocycles. The van der Waals surface area contributed by atoms with E-state index < -0.39 is 0 Å². The number of hydrogen-bond acceptors (Lipinski definition) is 5. The van der Waals surface area contributed by atoms with E-state index in [4.69, 9.17) is 10.3 Å². The Labute approximate surface area is 93.7 Å². The molecule has 84 valence electrons. The van der Waals surface area contributed by atoms with Crippen LogP contribution in [0.5, 0.6) is 0 Å². The topological polar surface area (TPSA) is 77.8 Å². The summed E-state index contributed by atoms with van der Waals surface area (Å²) in [5.74, 6) is 1.17. The van der Waals surface area contributed by atoms with Gasteiger partial charge in [-0.05, 0) is 19.1 Å². The number of rotatable bonds is 3. The van der Waals surface area contributed by atoms with Gasteiger partial charge in [0.05, 0.1) is 0 Å². The van der Waals surface area contributed by atoms with E-state index >= 15 is 0 Å². The van der Waals surface area contributed by atoms with Gasteiger partial charge >= 0.3 is 0 Å². The molecule has 1 unspecified atom stereocenters. The quantitative estimate of drug-likeness (QED) is 0.844. The summed E-state index contributed by atoms with van der Waals surface area (Å²) in [6.07, 6.45) is 0. The lowest BCUT2D eigenvalue weighted by molar-refractivity contribution is 0.416. The van der Waals surface area contributed by atoms with Crippen LogP contribution in [0, 0.1) is 6.92 Å². The summed E-state index contributed by atoms with van der Waals surface area (Å²) >= 11 is 0. The first-order valence-corrected chi connectivity index (χ1v) is 5.18. The van der Waals surface area contributed by atoms with Gasteiger partial charge in [-0.2, -0.15) is 4.98 Å². The van der Waals surface area contributed by atoms with Gasteiger partial charge in [-0.25, -0.2) is 4.98 Å². The molecule has 2 aromatic rings. The maximum atomic E-state index is 5.54. The fraction of sp³-hybridized carbons (Fsp3) is 0.364. The molecular formula is C11H14N4O. The predicted molar refractivity (Wildman–Crippen MR) is 59.7 cm³/mol. The van der Waals surface area contributed by atoms with E-state index in [1.165, 1.54) is 0 Å². The highest BCUT2D eigenvalue weighted by atomic mass is 16.5. The van der Waals surface area contributed by atoms with Crippen molar-refractivity contribution >= 4 is 0 Å². The van der Waals surface area contributed by atoms with E-state index in [1.54, 1.807) is 0 Å². The summed E-state index contributed by atoms with van der Waals surface area (Å²) in [4.78, 5) is 8.59. The first kappa shape index (κ1) is 10.8. The molecule has 0 aromatic carbocycles. The van der Waals surface area contributed by atoms with Gasteiger partial charge in [-0.3, -0.25) is 0 Å². The summed E-state index contributed by atoms with van der Waals surface area (Å²) in [6.45, 7) is 4.38. The van der Waals surface area contributed by atoms with E-state index in [9.17, 15) is 0 Å². The third kappa shape index (κ3) is 2.09. The highest BCUT2D eigenvalue weighted by Crippen LogP contribution is 2.17. The normalized spacial score (nSPS) is 12.7. The molecule has 0 saturated heterocycles. The van der Waals surface area contributed by atoms with Crippen LogP contribution < -0.4 is 5.73 Å². The number of nitrogens with two attached hydrogens (primary N) is 1. The fourth-order valence-corrected chi connectivity index (χ4v) is 1.31. The smallest absolute Gasteiger partial charge is 0.276 e. The van der Waals surface area contributed by atoms with E-state index in [-0.39, 0.29) is 5.92 Å². The second-order valence-electron chi connectivity index (χ2n) is 3.76. The summed E-state index contributed by atoms with van der Waals surface area (Å²) in [6, 6.07) is 5.68.